The van der Waals surface area contributed by atoms with Gasteiger partial charge in [-0.3, -0.25) is 14.6 Å². The first-order valence-electron chi connectivity index (χ1n) is 9.16. The van der Waals surface area contributed by atoms with E-state index in [1.807, 2.05) is 11.8 Å². The van der Waals surface area contributed by atoms with Crippen LogP contribution in [0, 0.1) is 0 Å². The molecule has 2 amide bonds. The third-order valence-corrected chi connectivity index (χ3v) is 4.79. The molecular formula is C17H31N5O2. The number of nitrogens with zero attached hydrogens (tertiary/aromatic N) is 2. The Morgan fingerprint density at radius 1 is 1.08 bits per heavy atom. The van der Waals surface area contributed by atoms with Crippen LogP contribution < -0.4 is 16.0 Å². The Morgan fingerprint density at radius 2 is 1.83 bits per heavy atom. The third-order valence-electron chi connectivity index (χ3n) is 4.79. The van der Waals surface area contributed by atoms with Crippen molar-refractivity contribution in [3.05, 3.63) is 0 Å². The standard InChI is InChI=1S/C17H31N5O2/c1-3-16(24)22-10-9-14(12-22)21-17(18-2)19-11-15(23)20-13-7-5-4-6-8-13/h13-14H,3-12H2,1-2H3,(H,20,23)(H2,18,19,21). The van der Waals surface area contributed by atoms with Crippen molar-refractivity contribution in [1.82, 2.24) is 20.9 Å². The molecule has 1 saturated carbocycles. The van der Waals surface area contributed by atoms with E-state index in [0.717, 1.165) is 25.8 Å². The summed E-state index contributed by atoms with van der Waals surface area (Å²) >= 11 is 0. The fraction of sp³-hybridized carbons (Fsp3) is 0.824. The van der Waals surface area contributed by atoms with Gasteiger partial charge >= 0.3 is 0 Å². The van der Waals surface area contributed by atoms with Gasteiger partial charge in [-0.15, -0.1) is 0 Å². The maximum Gasteiger partial charge on any atom is 0.239 e. The van der Waals surface area contributed by atoms with Crippen LogP contribution in [0.5, 0.6) is 0 Å². The summed E-state index contributed by atoms with van der Waals surface area (Å²) < 4.78 is 0. The van der Waals surface area contributed by atoms with Gasteiger partial charge in [0.1, 0.15) is 0 Å². The highest BCUT2D eigenvalue weighted by atomic mass is 16.2. The van der Waals surface area contributed by atoms with Crippen LogP contribution in [-0.4, -0.2) is 61.4 Å². The molecule has 1 unspecified atom stereocenters. The van der Waals surface area contributed by atoms with Crippen LogP contribution in [0.1, 0.15) is 51.9 Å². The summed E-state index contributed by atoms with van der Waals surface area (Å²) in [7, 11) is 1.69. The lowest BCUT2D eigenvalue weighted by molar-refractivity contribution is -0.129. The van der Waals surface area contributed by atoms with Gasteiger partial charge < -0.3 is 20.9 Å². The average Bonchev–Trinajstić information content (AvgIpc) is 3.07. The van der Waals surface area contributed by atoms with E-state index in [9.17, 15) is 9.59 Å². The van der Waals surface area contributed by atoms with Crippen molar-refractivity contribution in [1.29, 1.82) is 0 Å². The van der Waals surface area contributed by atoms with Crippen LogP contribution in [0.25, 0.3) is 0 Å². The van der Waals surface area contributed by atoms with Gasteiger partial charge in [0, 0.05) is 38.6 Å². The van der Waals surface area contributed by atoms with Crippen molar-refractivity contribution in [2.75, 3.05) is 26.7 Å². The minimum Gasteiger partial charge on any atom is -0.352 e. The Morgan fingerprint density at radius 3 is 2.50 bits per heavy atom. The Kier molecular flexibility index (Phi) is 7.34. The summed E-state index contributed by atoms with van der Waals surface area (Å²) in [6, 6.07) is 0.513. The molecule has 1 aliphatic heterocycles. The Balaban J connectivity index is 1.68. The minimum absolute atomic E-state index is 0.0130. The van der Waals surface area contributed by atoms with Crippen LogP contribution in [-0.2, 0) is 9.59 Å². The summed E-state index contributed by atoms with van der Waals surface area (Å²) in [5, 5.41) is 9.45. The van der Waals surface area contributed by atoms with Gasteiger partial charge in [0.05, 0.1) is 6.54 Å². The topological polar surface area (TPSA) is 85.8 Å². The average molecular weight is 337 g/mol. The quantitative estimate of drug-likeness (QED) is 0.507. The molecule has 0 bridgehead atoms. The third kappa shape index (κ3) is 5.69. The largest absolute Gasteiger partial charge is 0.352 e. The van der Waals surface area contributed by atoms with E-state index in [4.69, 9.17) is 0 Å². The van der Waals surface area contributed by atoms with Gasteiger partial charge in [-0.1, -0.05) is 26.2 Å². The molecule has 136 valence electrons. The maximum absolute atomic E-state index is 12.0. The zero-order valence-electron chi connectivity index (χ0n) is 14.9. The zero-order valence-corrected chi connectivity index (χ0v) is 14.9. The predicted molar refractivity (Wildman–Crippen MR) is 94.8 cm³/mol. The number of hydrogen-bond donors (Lipinski definition) is 3. The highest BCUT2D eigenvalue weighted by Gasteiger charge is 2.26. The van der Waals surface area contributed by atoms with E-state index in [0.29, 0.717) is 25.0 Å². The molecule has 2 aliphatic rings. The Hall–Kier alpha value is -1.79. The van der Waals surface area contributed by atoms with Crippen LogP contribution in [0.4, 0.5) is 0 Å². The molecule has 7 heteroatoms. The van der Waals surface area contributed by atoms with E-state index in [-0.39, 0.29) is 24.4 Å². The second-order valence-corrected chi connectivity index (χ2v) is 6.65. The molecule has 2 fully saturated rings. The van der Waals surface area contributed by atoms with Gasteiger partial charge in [0.25, 0.3) is 0 Å². The lowest BCUT2D eigenvalue weighted by atomic mass is 9.95. The molecule has 0 aromatic carbocycles. The van der Waals surface area contributed by atoms with Crippen molar-refractivity contribution in [3.8, 4) is 0 Å². The maximum atomic E-state index is 12.0. The van der Waals surface area contributed by atoms with Crippen LogP contribution in [0.3, 0.4) is 0 Å². The number of likely N-dealkylation sites (tertiary alicyclic amines) is 1. The van der Waals surface area contributed by atoms with Gasteiger partial charge in [0.15, 0.2) is 5.96 Å². The van der Waals surface area contributed by atoms with E-state index in [1.54, 1.807) is 7.05 Å². The minimum atomic E-state index is 0.0130. The fourth-order valence-electron chi connectivity index (χ4n) is 3.41. The van der Waals surface area contributed by atoms with Crippen LogP contribution in [0.15, 0.2) is 4.99 Å². The summed E-state index contributed by atoms with van der Waals surface area (Å²) in [6.07, 6.45) is 7.30. The number of nitrogens with one attached hydrogen (secondary N) is 3. The van der Waals surface area contributed by atoms with Gasteiger partial charge in [-0.05, 0) is 19.3 Å². The van der Waals surface area contributed by atoms with Crippen molar-refractivity contribution < 1.29 is 9.59 Å². The van der Waals surface area contributed by atoms with Crippen LogP contribution >= 0.6 is 0 Å². The predicted octanol–water partition coefficient (Wildman–Crippen LogP) is 0.611. The molecule has 3 N–H and O–H groups in total. The second kappa shape index (κ2) is 9.49. The summed E-state index contributed by atoms with van der Waals surface area (Å²) in [6.45, 7) is 3.58. The number of rotatable bonds is 5. The van der Waals surface area contributed by atoms with Crippen molar-refractivity contribution >= 4 is 17.8 Å². The highest BCUT2D eigenvalue weighted by Crippen LogP contribution is 2.17. The number of guanidine groups is 1. The number of aliphatic imine (C=N–C) groups is 1. The molecule has 1 saturated heterocycles. The molecule has 7 nitrogen and oxygen atoms in total. The first kappa shape index (κ1) is 18.5. The molecule has 0 aromatic rings. The normalized spacial score (nSPS) is 22.3. The van der Waals surface area contributed by atoms with E-state index in [2.05, 4.69) is 20.9 Å². The molecule has 1 heterocycles. The molecule has 1 aliphatic carbocycles. The molecular weight excluding hydrogens is 306 g/mol. The number of carbonyl (C=O) groups is 2. The lowest BCUT2D eigenvalue weighted by Gasteiger charge is -2.23. The van der Waals surface area contributed by atoms with E-state index < -0.39 is 0 Å². The molecule has 0 spiro atoms. The van der Waals surface area contributed by atoms with Crippen molar-refractivity contribution in [3.63, 3.8) is 0 Å². The van der Waals surface area contributed by atoms with Crippen molar-refractivity contribution in [2.45, 2.75) is 64.0 Å². The monoisotopic (exact) mass is 337 g/mol. The van der Waals surface area contributed by atoms with Gasteiger partial charge in [-0.2, -0.15) is 0 Å². The summed E-state index contributed by atoms with van der Waals surface area (Å²) in [4.78, 5) is 29.8. The lowest BCUT2D eigenvalue weighted by Crippen LogP contribution is -2.49. The smallest absolute Gasteiger partial charge is 0.239 e. The Bertz CT molecular complexity index is 460. The molecule has 24 heavy (non-hydrogen) atoms. The van der Waals surface area contributed by atoms with Gasteiger partial charge in [0.2, 0.25) is 11.8 Å². The fourth-order valence-corrected chi connectivity index (χ4v) is 3.41. The number of carbonyl (C=O) groups excluding carboxylic acids is 2. The van der Waals surface area contributed by atoms with E-state index in [1.165, 1.54) is 19.3 Å². The Labute approximate surface area is 144 Å². The first-order valence-corrected chi connectivity index (χ1v) is 9.16. The number of amides is 2. The molecule has 0 aromatic heterocycles. The summed E-state index contributed by atoms with van der Waals surface area (Å²) in [5.41, 5.74) is 0. The van der Waals surface area contributed by atoms with Crippen molar-refractivity contribution in [2.24, 2.45) is 4.99 Å². The zero-order chi connectivity index (χ0) is 17.4. The SMILES string of the molecule is CCC(=O)N1CCC(NC(=NC)NCC(=O)NC2CCCCC2)C1. The van der Waals surface area contributed by atoms with Gasteiger partial charge in [-0.25, -0.2) is 0 Å². The summed E-state index contributed by atoms with van der Waals surface area (Å²) in [5.74, 6) is 0.817. The van der Waals surface area contributed by atoms with Crippen LogP contribution in [0.2, 0.25) is 0 Å². The number of hydrogen-bond acceptors (Lipinski definition) is 3. The highest BCUT2D eigenvalue weighted by molar-refractivity contribution is 5.86. The molecule has 2 rings (SSSR count). The second-order valence-electron chi connectivity index (χ2n) is 6.65. The molecule has 1 atom stereocenters. The van der Waals surface area contributed by atoms with E-state index >= 15 is 0 Å². The molecule has 0 radical (unpaired) electrons. The first-order chi connectivity index (χ1) is 11.6.